The molecule has 0 aliphatic heterocycles. The maximum atomic E-state index is 5.46. The zero-order chi connectivity index (χ0) is 20.5. The van der Waals surface area contributed by atoms with Gasteiger partial charge >= 0.3 is 0 Å². The normalized spacial score (nSPS) is 12.1. The van der Waals surface area contributed by atoms with E-state index >= 15 is 0 Å². The average Bonchev–Trinajstić information content (AvgIpc) is 3.00. The number of hydrogen-bond acceptors (Lipinski definition) is 4. The van der Waals surface area contributed by atoms with E-state index < -0.39 is 0 Å². The number of nitrogens with one attached hydrogen (secondary N) is 2. The summed E-state index contributed by atoms with van der Waals surface area (Å²) in [6.45, 7) is 11.4. The van der Waals surface area contributed by atoms with Crippen molar-refractivity contribution in [3.05, 3.63) is 41.2 Å². The van der Waals surface area contributed by atoms with E-state index in [1.165, 1.54) is 5.69 Å². The van der Waals surface area contributed by atoms with E-state index in [1.54, 1.807) is 14.2 Å². The summed E-state index contributed by atoms with van der Waals surface area (Å²) < 4.78 is 12.8. The van der Waals surface area contributed by atoms with E-state index in [0.29, 0.717) is 12.5 Å². The van der Waals surface area contributed by atoms with Crippen molar-refractivity contribution in [2.45, 2.75) is 40.8 Å². The predicted molar refractivity (Wildman–Crippen MR) is 129 cm³/mol. The third-order valence-corrected chi connectivity index (χ3v) is 4.45. The van der Waals surface area contributed by atoms with Crippen LogP contribution in [0.2, 0.25) is 0 Å². The fourth-order valence-electron chi connectivity index (χ4n) is 2.98. The van der Waals surface area contributed by atoms with Crippen LogP contribution in [-0.2, 0) is 13.1 Å². The SMILES string of the molecule is CCNC(=NCc1ccc(OC)cc1OC)NCC(C)Cn1nc(C)cc1C.I. The molecule has 162 valence electrons. The Kier molecular flexibility index (Phi) is 10.9. The van der Waals surface area contributed by atoms with Crippen LogP contribution in [0.15, 0.2) is 29.3 Å². The molecule has 0 radical (unpaired) electrons. The van der Waals surface area contributed by atoms with Crippen molar-refractivity contribution in [1.82, 2.24) is 20.4 Å². The lowest BCUT2D eigenvalue weighted by Crippen LogP contribution is -2.40. The molecule has 29 heavy (non-hydrogen) atoms. The van der Waals surface area contributed by atoms with Gasteiger partial charge in [-0.2, -0.15) is 5.10 Å². The summed E-state index contributed by atoms with van der Waals surface area (Å²) in [7, 11) is 3.30. The van der Waals surface area contributed by atoms with Crippen molar-refractivity contribution in [1.29, 1.82) is 0 Å². The number of rotatable bonds is 9. The minimum absolute atomic E-state index is 0. The molecule has 0 saturated carbocycles. The van der Waals surface area contributed by atoms with Gasteiger partial charge in [0.15, 0.2) is 5.96 Å². The molecule has 7 nitrogen and oxygen atoms in total. The van der Waals surface area contributed by atoms with Crippen LogP contribution in [0, 0.1) is 19.8 Å². The molecular weight excluding hydrogens is 481 g/mol. The highest BCUT2D eigenvalue weighted by molar-refractivity contribution is 14.0. The number of nitrogens with zero attached hydrogens (tertiary/aromatic N) is 3. The van der Waals surface area contributed by atoms with Gasteiger partial charge in [0.2, 0.25) is 0 Å². The molecule has 8 heteroatoms. The van der Waals surface area contributed by atoms with Crippen LogP contribution in [0.25, 0.3) is 0 Å². The number of guanidine groups is 1. The van der Waals surface area contributed by atoms with Gasteiger partial charge in [0.1, 0.15) is 11.5 Å². The topological polar surface area (TPSA) is 72.7 Å². The standard InChI is InChI=1S/C21H33N5O2.HI/c1-7-22-21(23-12-15(2)14-26-17(4)10-16(3)25-26)24-13-18-8-9-19(27-5)11-20(18)28-6;/h8-11,15H,7,12-14H2,1-6H3,(H2,22,23,24);1H. The van der Waals surface area contributed by atoms with Crippen molar-refractivity contribution < 1.29 is 9.47 Å². The highest BCUT2D eigenvalue weighted by atomic mass is 127. The molecule has 1 aromatic heterocycles. The largest absolute Gasteiger partial charge is 0.497 e. The van der Waals surface area contributed by atoms with Gasteiger partial charge in [0, 0.05) is 37.0 Å². The molecule has 0 amide bonds. The lowest BCUT2D eigenvalue weighted by molar-refractivity contribution is 0.391. The van der Waals surface area contributed by atoms with Gasteiger partial charge in [0.05, 0.1) is 26.5 Å². The van der Waals surface area contributed by atoms with E-state index in [0.717, 1.165) is 48.4 Å². The highest BCUT2D eigenvalue weighted by Gasteiger charge is 2.09. The third-order valence-electron chi connectivity index (χ3n) is 4.45. The Hall–Kier alpha value is -1.97. The number of halogens is 1. The molecule has 0 fully saturated rings. The van der Waals surface area contributed by atoms with Crippen LogP contribution in [0.3, 0.4) is 0 Å². The van der Waals surface area contributed by atoms with Crippen molar-refractivity contribution in [2.24, 2.45) is 10.9 Å². The maximum Gasteiger partial charge on any atom is 0.191 e. The fourth-order valence-corrected chi connectivity index (χ4v) is 2.98. The molecule has 0 aliphatic rings. The second-order valence-electron chi connectivity index (χ2n) is 6.97. The Balaban J connectivity index is 0.00000420. The monoisotopic (exact) mass is 515 g/mol. The Labute approximate surface area is 191 Å². The number of benzene rings is 1. The van der Waals surface area contributed by atoms with E-state index in [9.17, 15) is 0 Å². The van der Waals surface area contributed by atoms with Crippen molar-refractivity contribution in [3.8, 4) is 11.5 Å². The number of methoxy groups -OCH3 is 2. The van der Waals surface area contributed by atoms with Gasteiger partial charge in [-0.15, -0.1) is 24.0 Å². The second-order valence-corrected chi connectivity index (χ2v) is 6.97. The predicted octanol–water partition coefficient (Wildman–Crippen LogP) is 3.53. The lowest BCUT2D eigenvalue weighted by atomic mass is 10.2. The molecule has 1 heterocycles. The first-order valence-corrected chi connectivity index (χ1v) is 9.71. The summed E-state index contributed by atoms with van der Waals surface area (Å²) in [5.74, 6) is 2.75. The maximum absolute atomic E-state index is 5.46. The first-order chi connectivity index (χ1) is 13.5. The molecule has 0 spiro atoms. The smallest absolute Gasteiger partial charge is 0.191 e. The lowest BCUT2D eigenvalue weighted by Gasteiger charge is -2.17. The third kappa shape index (κ3) is 7.75. The van der Waals surface area contributed by atoms with Crippen molar-refractivity contribution in [3.63, 3.8) is 0 Å². The van der Waals surface area contributed by atoms with Gasteiger partial charge in [-0.05, 0) is 44.9 Å². The number of aryl methyl sites for hydroxylation is 2. The molecule has 0 saturated heterocycles. The number of aliphatic imine (C=N–C) groups is 1. The highest BCUT2D eigenvalue weighted by Crippen LogP contribution is 2.25. The van der Waals surface area contributed by atoms with Gasteiger partial charge < -0.3 is 20.1 Å². The molecular formula is C21H34IN5O2. The molecule has 0 bridgehead atoms. The Morgan fingerprint density at radius 3 is 2.52 bits per heavy atom. The average molecular weight is 515 g/mol. The van der Waals surface area contributed by atoms with Crippen LogP contribution >= 0.6 is 24.0 Å². The Morgan fingerprint density at radius 2 is 1.93 bits per heavy atom. The minimum atomic E-state index is 0. The summed E-state index contributed by atoms with van der Waals surface area (Å²) in [6.07, 6.45) is 0. The fraction of sp³-hybridized carbons (Fsp3) is 0.524. The summed E-state index contributed by atoms with van der Waals surface area (Å²) in [6, 6.07) is 7.88. The van der Waals surface area contributed by atoms with Gasteiger partial charge in [-0.25, -0.2) is 4.99 Å². The van der Waals surface area contributed by atoms with E-state index in [4.69, 9.17) is 14.5 Å². The van der Waals surface area contributed by atoms with Crippen molar-refractivity contribution in [2.75, 3.05) is 27.3 Å². The minimum Gasteiger partial charge on any atom is -0.497 e. The van der Waals surface area contributed by atoms with Crippen LogP contribution in [0.1, 0.15) is 30.8 Å². The Morgan fingerprint density at radius 1 is 1.17 bits per heavy atom. The van der Waals surface area contributed by atoms with Gasteiger partial charge in [-0.1, -0.05) is 6.92 Å². The molecule has 1 unspecified atom stereocenters. The number of aromatic nitrogens is 2. The first kappa shape index (κ1) is 25.1. The van der Waals surface area contributed by atoms with E-state index in [-0.39, 0.29) is 24.0 Å². The van der Waals surface area contributed by atoms with Gasteiger partial charge in [-0.3, -0.25) is 4.68 Å². The van der Waals surface area contributed by atoms with Crippen LogP contribution in [0.4, 0.5) is 0 Å². The van der Waals surface area contributed by atoms with Crippen LogP contribution in [-0.4, -0.2) is 43.0 Å². The van der Waals surface area contributed by atoms with Crippen molar-refractivity contribution >= 4 is 29.9 Å². The van der Waals surface area contributed by atoms with Gasteiger partial charge in [0.25, 0.3) is 0 Å². The van der Waals surface area contributed by atoms with E-state index in [1.807, 2.05) is 25.1 Å². The molecule has 0 aliphatic carbocycles. The first-order valence-electron chi connectivity index (χ1n) is 9.71. The Bertz CT molecular complexity index is 791. The van der Waals surface area contributed by atoms with Crippen LogP contribution < -0.4 is 20.1 Å². The van der Waals surface area contributed by atoms with Crippen LogP contribution in [0.5, 0.6) is 11.5 Å². The molecule has 2 rings (SSSR count). The van der Waals surface area contributed by atoms with E-state index in [2.05, 4.69) is 47.3 Å². The quantitative estimate of drug-likeness (QED) is 0.304. The molecule has 1 atom stereocenters. The molecule has 2 N–H and O–H groups in total. The second kappa shape index (κ2) is 12.6. The number of hydrogen-bond donors (Lipinski definition) is 2. The molecule has 2 aromatic rings. The zero-order valence-corrected chi connectivity index (χ0v) is 20.6. The zero-order valence-electron chi connectivity index (χ0n) is 18.3. The molecule has 1 aromatic carbocycles. The summed E-state index contributed by atoms with van der Waals surface area (Å²) in [5, 5.41) is 11.3. The summed E-state index contributed by atoms with van der Waals surface area (Å²) in [5.41, 5.74) is 3.26. The number of ether oxygens (including phenoxy) is 2. The summed E-state index contributed by atoms with van der Waals surface area (Å²) >= 11 is 0. The summed E-state index contributed by atoms with van der Waals surface area (Å²) in [4.78, 5) is 4.70.